The summed E-state index contributed by atoms with van der Waals surface area (Å²) in [6.45, 7) is 0.336. The summed E-state index contributed by atoms with van der Waals surface area (Å²) in [6, 6.07) is 10.8. The quantitative estimate of drug-likeness (QED) is 0.316. The van der Waals surface area contributed by atoms with Crippen LogP contribution in [0.3, 0.4) is 0 Å². The van der Waals surface area contributed by atoms with Crippen LogP contribution in [-0.2, 0) is 11.0 Å². The Hall–Kier alpha value is -3.81. The zero-order valence-corrected chi connectivity index (χ0v) is 16.2. The van der Waals surface area contributed by atoms with E-state index in [1.54, 1.807) is 24.3 Å². The van der Waals surface area contributed by atoms with Crippen molar-refractivity contribution in [2.75, 3.05) is 23.8 Å². The van der Waals surface area contributed by atoms with Gasteiger partial charge in [0.15, 0.2) is 0 Å². The molecule has 0 spiro atoms. The lowest BCUT2D eigenvalue weighted by atomic mass is 10.1. The van der Waals surface area contributed by atoms with E-state index in [-0.39, 0.29) is 18.7 Å². The number of halogens is 3. The molecule has 0 aliphatic heterocycles. The Balaban J connectivity index is 1.90. The highest BCUT2D eigenvalue weighted by molar-refractivity contribution is 5.91. The van der Waals surface area contributed by atoms with Gasteiger partial charge in [0.25, 0.3) is 5.69 Å². The number of amides is 1. The lowest BCUT2D eigenvalue weighted by Crippen LogP contribution is -2.17. The fraction of sp³-hybridized carbons (Fsp3) is 0.300. The first kappa shape index (κ1) is 23.5. The Labute approximate surface area is 175 Å². The molecule has 0 aromatic heterocycles. The number of benzene rings is 2. The van der Waals surface area contributed by atoms with Crippen LogP contribution < -0.4 is 15.4 Å². The largest absolute Gasteiger partial charge is 0.493 e. The van der Waals surface area contributed by atoms with Crippen LogP contribution in [0.5, 0.6) is 5.75 Å². The molecule has 0 heterocycles. The minimum absolute atomic E-state index is 0.0254. The molecule has 0 radical (unpaired) electrons. The predicted octanol–water partition coefficient (Wildman–Crippen LogP) is 4.74. The van der Waals surface area contributed by atoms with Crippen LogP contribution in [0.25, 0.3) is 0 Å². The Morgan fingerprint density at radius 1 is 1.23 bits per heavy atom. The van der Waals surface area contributed by atoms with Crippen molar-refractivity contribution in [3.05, 3.63) is 58.1 Å². The monoisotopic (exact) mass is 436 g/mol. The smallest absolute Gasteiger partial charge is 0.416 e. The number of alkyl halides is 3. The molecule has 0 bridgehead atoms. The number of nitro groups is 1. The summed E-state index contributed by atoms with van der Waals surface area (Å²) >= 11 is 0. The maximum atomic E-state index is 12.7. The molecule has 2 rings (SSSR count). The first-order valence-corrected chi connectivity index (χ1v) is 9.20. The van der Waals surface area contributed by atoms with Gasteiger partial charge in [-0.25, -0.2) is 0 Å². The van der Waals surface area contributed by atoms with Gasteiger partial charge in [-0.15, -0.1) is 0 Å². The van der Waals surface area contributed by atoms with E-state index in [0.717, 1.165) is 12.1 Å². The number of unbranched alkanes of at least 4 members (excludes halogenated alkanes) is 1. The van der Waals surface area contributed by atoms with Crippen LogP contribution in [0, 0.1) is 21.4 Å². The molecule has 0 saturated heterocycles. The van der Waals surface area contributed by atoms with E-state index in [4.69, 9.17) is 10.00 Å². The zero-order chi connectivity index (χ0) is 22.9. The van der Waals surface area contributed by atoms with Gasteiger partial charge in [-0.3, -0.25) is 14.9 Å². The van der Waals surface area contributed by atoms with Gasteiger partial charge in [0.2, 0.25) is 5.91 Å². The zero-order valence-electron chi connectivity index (χ0n) is 16.2. The molecule has 164 valence electrons. The molecule has 1 amide bonds. The van der Waals surface area contributed by atoms with Gasteiger partial charge in [-0.2, -0.15) is 18.4 Å². The van der Waals surface area contributed by atoms with Gasteiger partial charge >= 0.3 is 6.18 Å². The van der Waals surface area contributed by atoms with Crippen molar-refractivity contribution in [1.82, 2.24) is 0 Å². The number of rotatable bonds is 10. The molecule has 8 nitrogen and oxygen atoms in total. The number of ether oxygens (including phenoxy) is 1. The van der Waals surface area contributed by atoms with Crippen LogP contribution in [-0.4, -0.2) is 24.0 Å². The Bertz CT molecular complexity index is 974. The van der Waals surface area contributed by atoms with E-state index in [1.807, 2.05) is 6.07 Å². The summed E-state index contributed by atoms with van der Waals surface area (Å²) in [4.78, 5) is 22.3. The fourth-order valence-electron chi connectivity index (χ4n) is 2.55. The summed E-state index contributed by atoms with van der Waals surface area (Å²) in [5, 5.41) is 24.8. The maximum Gasteiger partial charge on any atom is 0.416 e. The van der Waals surface area contributed by atoms with Crippen LogP contribution in [0.2, 0.25) is 0 Å². The number of hydrogen-bond acceptors (Lipinski definition) is 6. The topological polar surface area (TPSA) is 117 Å². The van der Waals surface area contributed by atoms with E-state index < -0.39 is 28.3 Å². The van der Waals surface area contributed by atoms with Gasteiger partial charge in [0.05, 0.1) is 23.2 Å². The van der Waals surface area contributed by atoms with E-state index >= 15 is 0 Å². The SMILES string of the molecule is N#CCCCOc1cccc(NC(=O)CCNc2ccc(C(F)(F)F)cc2[N+](=O)[O-])c1. The van der Waals surface area contributed by atoms with Gasteiger partial charge in [0.1, 0.15) is 11.4 Å². The van der Waals surface area contributed by atoms with E-state index in [0.29, 0.717) is 37.0 Å². The van der Waals surface area contributed by atoms with E-state index in [2.05, 4.69) is 10.6 Å². The summed E-state index contributed by atoms with van der Waals surface area (Å²) in [7, 11) is 0. The van der Waals surface area contributed by atoms with Gasteiger partial charge in [-0.1, -0.05) is 6.07 Å². The van der Waals surface area contributed by atoms with Gasteiger partial charge in [-0.05, 0) is 30.7 Å². The van der Waals surface area contributed by atoms with Crippen molar-refractivity contribution in [2.45, 2.75) is 25.4 Å². The molecular weight excluding hydrogens is 417 g/mol. The summed E-state index contributed by atoms with van der Waals surface area (Å²) in [5.41, 5.74) is -1.49. The number of hydrogen-bond donors (Lipinski definition) is 2. The molecule has 11 heteroatoms. The second kappa shape index (κ2) is 10.8. The fourth-order valence-corrected chi connectivity index (χ4v) is 2.55. The van der Waals surface area contributed by atoms with Crippen LogP contribution >= 0.6 is 0 Å². The molecular formula is C20H19F3N4O4. The molecule has 2 N–H and O–H groups in total. The van der Waals surface area contributed by atoms with E-state index in [9.17, 15) is 28.1 Å². The Kier molecular flexibility index (Phi) is 8.19. The van der Waals surface area contributed by atoms with Crippen molar-refractivity contribution in [3.8, 4) is 11.8 Å². The van der Waals surface area contributed by atoms with E-state index in [1.165, 1.54) is 0 Å². The van der Waals surface area contributed by atoms with Crippen molar-refractivity contribution in [1.29, 1.82) is 5.26 Å². The Morgan fingerprint density at radius 3 is 2.68 bits per heavy atom. The predicted molar refractivity (Wildman–Crippen MR) is 107 cm³/mol. The van der Waals surface area contributed by atoms with Crippen LogP contribution in [0.4, 0.5) is 30.2 Å². The first-order valence-electron chi connectivity index (χ1n) is 9.20. The number of nitrogens with zero attached hydrogens (tertiary/aromatic N) is 2. The highest BCUT2D eigenvalue weighted by atomic mass is 19.4. The lowest BCUT2D eigenvalue weighted by molar-refractivity contribution is -0.384. The molecule has 0 saturated carbocycles. The van der Waals surface area contributed by atoms with Crippen molar-refractivity contribution in [2.24, 2.45) is 0 Å². The molecule has 0 fully saturated rings. The number of carbonyl (C=O) groups is 1. The number of nitriles is 1. The highest BCUT2D eigenvalue weighted by Gasteiger charge is 2.33. The summed E-state index contributed by atoms with van der Waals surface area (Å²) < 4.78 is 43.7. The van der Waals surface area contributed by atoms with Gasteiger partial charge in [0, 0.05) is 37.2 Å². The third-order valence-corrected chi connectivity index (χ3v) is 4.01. The second-order valence-corrected chi connectivity index (χ2v) is 6.35. The lowest BCUT2D eigenvalue weighted by Gasteiger charge is -2.11. The number of carbonyl (C=O) groups excluding carboxylic acids is 1. The number of nitrogens with one attached hydrogen (secondary N) is 2. The third kappa shape index (κ3) is 7.50. The van der Waals surface area contributed by atoms with Gasteiger partial charge < -0.3 is 15.4 Å². The molecule has 0 aliphatic carbocycles. The summed E-state index contributed by atoms with van der Waals surface area (Å²) in [6.07, 6.45) is -3.82. The normalized spacial score (nSPS) is 10.8. The number of nitro benzene ring substituents is 1. The minimum Gasteiger partial charge on any atom is -0.493 e. The van der Waals surface area contributed by atoms with Crippen LogP contribution in [0.1, 0.15) is 24.8 Å². The average molecular weight is 436 g/mol. The molecule has 2 aromatic rings. The Morgan fingerprint density at radius 2 is 2.00 bits per heavy atom. The third-order valence-electron chi connectivity index (χ3n) is 4.01. The molecule has 0 aliphatic rings. The molecule has 0 atom stereocenters. The first-order chi connectivity index (χ1) is 14.7. The second-order valence-electron chi connectivity index (χ2n) is 6.35. The average Bonchev–Trinajstić information content (AvgIpc) is 2.71. The highest BCUT2D eigenvalue weighted by Crippen LogP contribution is 2.34. The molecule has 31 heavy (non-hydrogen) atoms. The standard InChI is InChI=1S/C20H19F3N4O4/c21-20(22,23)14-6-7-17(18(12-14)27(29)30)25-10-8-19(28)26-15-4-3-5-16(13-15)31-11-2-1-9-24/h3-7,12-13,25H,1-2,8,10-11H2,(H,26,28). The minimum atomic E-state index is -4.70. The van der Waals surface area contributed by atoms with Crippen molar-refractivity contribution in [3.63, 3.8) is 0 Å². The number of anilines is 2. The van der Waals surface area contributed by atoms with Crippen molar-refractivity contribution < 1.29 is 27.6 Å². The summed E-state index contributed by atoms with van der Waals surface area (Å²) in [5.74, 6) is 0.123. The molecule has 0 unspecified atom stereocenters. The maximum absolute atomic E-state index is 12.7. The van der Waals surface area contributed by atoms with Crippen molar-refractivity contribution >= 4 is 23.0 Å². The molecule has 2 aromatic carbocycles. The van der Waals surface area contributed by atoms with Crippen LogP contribution in [0.15, 0.2) is 42.5 Å².